The second-order valence-electron chi connectivity index (χ2n) is 7.55. The minimum absolute atomic E-state index is 0.0874. The number of carbonyl (C=O) groups excluding carboxylic acids is 1. The third kappa shape index (κ3) is 1.90. The maximum Gasteiger partial charge on any atom is 0.244 e. The van der Waals surface area contributed by atoms with Gasteiger partial charge in [0.2, 0.25) is 5.91 Å². The van der Waals surface area contributed by atoms with Crippen molar-refractivity contribution < 1.29 is 15.0 Å². The fourth-order valence-electron chi connectivity index (χ4n) is 4.86. The molecule has 0 aliphatic carbocycles. The van der Waals surface area contributed by atoms with Gasteiger partial charge in [-0.3, -0.25) is 4.79 Å². The number of aromatic nitrogens is 2. The number of para-hydroxylation sites is 1. The summed E-state index contributed by atoms with van der Waals surface area (Å²) in [5.74, 6) is -0.0641. The first-order valence-corrected chi connectivity index (χ1v) is 9.62. The molecule has 6 rings (SSSR count). The Hall–Kier alpha value is -4.19. The monoisotopic (exact) mass is 395 g/mol. The Morgan fingerprint density at radius 3 is 1.83 bits per heavy atom. The van der Waals surface area contributed by atoms with Crippen LogP contribution in [0.15, 0.2) is 73.1 Å². The molecule has 0 saturated carbocycles. The molecule has 5 N–H and O–H groups in total. The summed E-state index contributed by atoms with van der Waals surface area (Å²) in [6, 6.07) is 18.0. The van der Waals surface area contributed by atoms with E-state index in [0.717, 1.165) is 16.6 Å². The van der Waals surface area contributed by atoms with E-state index >= 15 is 0 Å². The van der Waals surface area contributed by atoms with Crippen LogP contribution in [0, 0.1) is 0 Å². The number of hydrogen-bond donors (Lipinski definition) is 5. The summed E-state index contributed by atoms with van der Waals surface area (Å²) in [6.07, 6.45) is 3.54. The van der Waals surface area contributed by atoms with E-state index in [4.69, 9.17) is 0 Å². The maximum absolute atomic E-state index is 13.8. The molecule has 5 aromatic rings. The van der Waals surface area contributed by atoms with Gasteiger partial charge in [0.1, 0.15) is 16.9 Å². The second kappa shape index (κ2) is 5.67. The van der Waals surface area contributed by atoms with E-state index < -0.39 is 5.41 Å². The van der Waals surface area contributed by atoms with E-state index in [-0.39, 0.29) is 17.4 Å². The van der Waals surface area contributed by atoms with Gasteiger partial charge >= 0.3 is 0 Å². The molecule has 3 aromatic carbocycles. The standard InChI is InChI=1S/C24H17N3O3/c28-19-9-3-7-17-21(19)14(11-25-17)24(13-5-1-2-6-16(13)27-23(24)30)15-12-26-18-8-4-10-20(29)22(15)18/h1-12,25-26,28-29H,(H,27,30). The van der Waals surface area contributed by atoms with Gasteiger partial charge in [-0.2, -0.15) is 0 Å². The SMILES string of the molecule is O=C1Nc2ccccc2C1(c1c[nH]c2cccc(O)c12)c1c[nH]c2cccc(O)c12. The lowest BCUT2D eigenvalue weighted by Gasteiger charge is -2.28. The number of fused-ring (bicyclic) bond motifs is 3. The van der Waals surface area contributed by atoms with E-state index in [1.165, 1.54) is 0 Å². The average Bonchev–Trinajstić information content (AvgIpc) is 3.43. The Kier molecular flexibility index (Phi) is 3.16. The number of carbonyl (C=O) groups is 1. The predicted molar refractivity (Wildman–Crippen MR) is 115 cm³/mol. The van der Waals surface area contributed by atoms with Crippen molar-refractivity contribution in [3.05, 3.63) is 89.7 Å². The Morgan fingerprint density at radius 2 is 1.23 bits per heavy atom. The zero-order chi connectivity index (χ0) is 20.5. The van der Waals surface area contributed by atoms with Gasteiger partial charge in [0.15, 0.2) is 0 Å². The zero-order valence-corrected chi connectivity index (χ0v) is 15.7. The molecule has 1 aliphatic rings. The van der Waals surface area contributed by atoms with Crippen LogP contribution < -0.4 is 5.32 Å². The van der Waals surface area contributed by atoms with Crippen molar-refractivity contribution in [2.45, 2.75) is 5.41 Å². The van der Waals surface area contributed by atoms with Gasteiger partial charge in [0.25, 0.3) is 0 Å². The normalized spacial score (nSPS) is 14.9. The molecule has 1 amide bonds. The molecule has 2 aromatic heterocycles. The summed E-state index contributed by atoms with van der Waals surface area (Å²) in [5, 5.41) is 25.6. The lowest BCUT2D eigenvalue weighted by Crippen LogP contribution is -2.36. The Labute approximate surface area is 170 Å². The summed E-state index contributed by atoms with van der Waals surface area (Å²) >= 11 is 0. The molecular weight excluding hydrogens is 378 g/mol. The molecule has 6 nitrogen and oxygen atoms in total. The van der Waals surface area contributed by atoms with Crippen LogP contribution in [0.1, 0.15) is 16.7 Å². The molecule has 1 aliphatic heterocycles. The minimum atomic E-state index is -1.26. The molecule has 0 saturated heterocycles. The van der Waals surface area contributed by atoms with Crippen LogP contribution in [0.3, 0.4) is 0 Å². The molecule has 0 radical (unpaired) electrons. The van der Waals surface area contributed by atoms with Gasteiger partial charge in [-0.05, 0) is 30.3 Å². The first kappa shape index (κ1) is 16.7. The second-order valence-corrected chi connectivity index (χ2v) is 7.55. The van der Waals surface area contributed by atoms with Crippen LogP contribution in [0.25, 0.3) is 21.8 Å². The quantitative estimate of drug-likeness (QED) is 0.307. The molecular formula is C24H17N3O3. The van der Waals surface area contributed by atoms with Crippen LogP contribution >= 0.6 is 0 Å². The Bertz CT molecular complexity index is 1400. The summed E-state index contributed by atoms with van der Waals surface area (Å²) in [5.41, 5.74) is 2.92. The lowest BCUT2D eigenvalue weighted by molar-refractivity contribution is -0.118. The van der Waals surface area contributed by atoms with Crippen LogP contribution in [0.2, 0.25) is 0 Å². The summed E-state index contributed by atoms with van der Waals surface area (Å²) < 4.78 is 0. The van der Waals surface area contributed by atoms with Crippen molar-refractivity contribution in [3.8, 4) is 11.5 Å². The van der Waals surface area contributed by atoms with E-state index in [1.54, 1.807) is 36.7 Å². The molecule has 3 heterocycles. The first-order valence-electron chi connectivity index (χ1n) is 9.62. The lowest BCUT2D eigenvalue weighted by atomic mass is 9.70. The van der Waals surface area contributed by atoms with Crippen molar-refractivity contribution in [3.63, 3.8) is 0 Å². The predicted octanol–water partition coefficient (Wildman–Crippen LogP) is 4.35. The summed E-state index contributed by atoms with van der Waals surface area (Å²) in [7, 11) is 0. The van der Waals surface area contributed by atoms with Crippen molar-refractivity contribution in [2.24, 2.45) is 0 Å². The van der Waals surface area contributed by atoms with Crippen molar-refractivity contribution >= 4 is 33.4 Å². The molecule has 0 bridgehead atoms. The number of anilines is 1. The van der Waals surface area contributed by atoms with Crippen molar-refractivity contribution in [1.82, 2.24) is 9.97 Å². The highest BCUT2D eigenvalue weighted by Crippen LogP contribution is 2.53. The third-order valence-electron chi connectivity index (χ3n) is 6.10. The number of H-pyrrole nitrogens is 2. The zero-order valence-electron chi connectivity index (χ0n) is 15.7. The fraction of sp³-hybridized carbons (Fsp3) is 0.0417. The number of nitrogens with one attached hydrogen (secondary N) is 3. The highest BCUT2D eigenvalue weighted by atomic mass is 16.3. The van der Waals surface area contributed by atoms with Crippen LogP contribution in [-0.2, 0) is 10.2 Å². The largest absolute Gasteiger partial charge is 0.507 e. The number of aromatic amines is 2. The number of hydrogen-bond acceptors (Lipinski definition) is 3. The average molecular weight is 395 g/mol. The van der Waals surface area contributed by atoms with Gasteiger partial charge in [-0.15, -0.1) is 0 Å². The molecule has 30 heavy (non-hydrogen) atoms. The Morgan fingerprint density at radius 1 is 0.667 bits per heavy atom. The highest BCUT2D eigenvalue weighted by Gasteiger charge is 2.52. The molecule has 0 atom stereocenters. The van der Waals surface area contributed by atoms with E-state index in [9.17, 15) is 15.0 Å². The fourth-order valence-corrected chi connectivity index (χ4v) is 4.86. The van der Waals surface area contributed by atoms with E-state index in [2.05, 4.69) is 15.3 Å². The Balaban J connectivity index is 1.83. The van der Waals surface area contributed by atoms with Crippen molar-refractivity contribution in [1.29, 1.82) is 0 Å². The molecule has 0 unspecified atom stereocenters. The number of phenolic OH excluding ortho intramolecular Hbond substituents is 2. The molecule has 0 fully saturated rings. The molecule has 146 valence electrons. The number of rotatable bonds is 2. The van der Waals surface area contributed by atoms with E-state index in [0.29, 0.717) is 27.6 Å². The molecule has 0 spiro atoms. The van der Waals surface area contributed by atoms with Gasteiger partial charge in [0.05, 0.1) is 0 Å². The summed E-state index contributed by atoms with van der Waals surface area (Å²) in [4.78, 5) is 20.1. The summed E-state index contributed by atoms with van der Waals surface area (Å²) in [6.45, 7) is 0. The van der Waals surface area contributed by atoms with Gasteiger partial charge < -0.3 is 25.5 Å². The number of aromatic hydroxyl groups is 2. The van der Waals surface area contributed by atoms with Gasteiger partial charge in [-0.1, -0.05) is 30.3 Å². The van der Waals surface area contributed by atoms with Crippen LogP contribution in [0.4, 0.5) is 5.69 Å². The minimum Gasteiger partial charge on any atom is -0.507 e. The van der Waals surface area contributed by atoms with Crippen LogP contribution in [-0.4, -0.2) is 26.1 Å². The van der Waals surface area contributed by atoms with Gasteiger partial charge in [-0.25, -0.2) is 0 Å². The highest BCUT2D eigenvalue weighted by molar-refractivity contribution is 6.16. The van der Waals surface area contributed by atoms with Crippen LogP contribution in [0.5, 0.6) is 11.5 Å². The maximum atomic E-state index is 13.8. The molecule has 6 heteroatoms. The van der Waals surface area contributed by atoms with Gasteiger partial charge in [0, 0.05) is 56.6 Å². The third-order valence-corrected chi connectivity index (χ3v) is 6.10. The first-order chi connectivity index (χ1) is 14.6. The number of benzene rings is 3. The number of phenols is 2. The van der Waals surface area contributed by atoms with E-state index in [1.807, 2.05) is 36.4 Å². The topological polar surface area (TPSA) is 101 Å². The smallest absolute Gasteiger partial charge is 0.244 e. The number of amides is 1. The van der Waals surface area contributed by atoms with Crippen molar-refractivity contribution in [2.75, 3.05) is 5.32 Å².